The van der Waals surface area contributed by atoms with Crippen LogP contribution in [0.1, 0.15) is 6.92 Å². The summed E-state index contributed by atoms with van der Waals surface area (Å²) in [5, 5.41) is 2.74. The summed E-state index contributed by atoms with van der Waals surface area (Å²) in [4.78, 5) is 24.9. The third-order valence-electron chi connectivity index (χ3n) is 3.42. The minimum Gasteiger partial charge on any atom is -0.497 e. The van der Waals surface area contributed by atoms with Crippen molar-refractivity contribution in [1.29, 1.82) is 0 Å². The van der Waals surface area contributed by atoms with Crippen LogP contribution in [0, 0.1) is 0 Å². The highest BCUT2D eigenvalue weighted by Gasteiger charge is 2.08. The Bertz CT molecular complexity index is 713. The second-order valence-corrected chi connectivity index (χ2v) is 5.14. The Morgan fingerprint density at radius 2 is 1.75 bits per heavy atom. The monoisotopic (exact) mass is 328 g/mol. The number of hydrogen-bond donors (Lipinski definition) is 1. The highest BCUT2D eigenvalue weighted by Crippen LogP contribution is 2.19. The molecule has 0 aliphatic heterocycles. The molecule has 6 nitrogen and oxygen atoms in total. The molecular weight excluding hydrogens is 308 g/mol. The third kappa shape index (κ3) is 4.74. The van der Waals surface area contributed by atoms with Crippen LogP contribution in [0.2, 0.25) is 0 Å². The summed E-state index contributed by atoms with van der Waals surface area (Å²) in [5.41, 5.74) is 1.31. The van der Waals surface area contributed by atoms with Gasteiger partial charge in [0.15, 0.2) is 6.61 Å². The maximum Gasteiger partial charge on any atom is 0.262 e. The van der Waals surface area contributed by atoms with Gasteiger partial charge in [0.2, 0.25) is 5.91 Å². The van der Waals surface area contributed by atoms with Crippen LogP contribution >= 0.6 is 0 Å². The van der Waals surface area contributed by atoms with Gasteiger partial charge in [-0.05, 0) is 42.5 Å². The van der Waals surface area contributed by atoms with Gasteiger partial charge in [-0.1, -0.05) is 6.07 Å². The summed E-state index contributed by atoms with van der Waals surface area (Å²) in [6.07, 6.45) is 0. The number of rotatable bonds is 6. The van der Waals surface area contributed by atoms with E-state index in [1.165, 1.54) is 11.8 Å². The number of ether oxygens (including phenoxy) is 2. The first-order chi connectivity index (χ1) is 11.5. The summed E-state index contributed by atoms with van der Waals surface area (Å²) >= 11 is 0. The van der Waals surface area contributed by atoms with E-state index in [1.54, 1.807) is 62.7 Å². The van der Waals surface area contributed by atoms with Crippen LogP contribution < -0.4 is 19.7 Å². The van der Waals surface area contributed by atoms with Crippen LogP contribution in [-0.4, -0.2) is 32.6 Å². The number of carbonyl (C=O) groups excluding carboxylic acids is 2. The zero-order chi connectivity index (χ0) is 17.5. The van der Waals surface area contributed by atoms with Crippen molar-refractivity contribution < 1.29 is 19.1 Å². The highest BCUT2D eigenvalue weighted by atomic mass is 16.5. The largest absolute Gasteiger partial charge is 0.497 e. The first-order valence-electron chi connectivity index (χ1n) is 7.40. The van der Waals surface area contributed by atoms with Gasteiger partial charge in [0.25, 0.3) is 5.91 Å². The summed E-state index contributed by atoms with van der Waals surface area (Å²) in [6, 6.07) is 14.0. The SMILES string of the molecule is COc1ccc(OCC(=O)Nc2cccc(N(C)C(C)=O)c2)cc1. The Labute approximate surface area is 141 Å². The summed E-state index contributed by atoms with van der Waals surface area (Å²) < 4.78 is 10.5. The number of amides is 2. The maximum absolute atomic E-state index is 12.0. The van der Waals surface area contributed by atoms with Crippen molar-refractivity contribution >= 4 is 23.2 Å². The summed E-state index contributed by atoms with van der Waals surface area (Å²) in [5.74, 6) is 0.934. The molecule has 0 unspecified atom stereocenters. The molecule has 2 aromatic rings. The molecule has 6 heteroatoms. The number of hydrogen-bond acceptors (Lipinski definition) is 4. The highest BCUT2D eigenvalue weighted by molar-refractivity contribution is 5.94. The smallest absolute Gasteiger partial charge is 0.262 e. The Kier molecular flexibility index (Phi) is 5.78. The lowest BCUT2D eigenvalue weighted by atomic mass is 10.2. The fourth-order valence-corrected chi connectivity index (χ4v) is 1.99. The quantitative estimate of drug-likeness (QED) is 0.885. The lowest BCUT2D eigenvalue weighted by Gasteiger charge is -2.16. The fourth-order valence-electron chi connectivity index (χ4n) is 1.99. The molecule has 2 amide bonds. The summed E-state index contributed by atoms with van der Waals surface area (Å²) in [7, 11) is 3.26. The van der Waals surface area contributed by atoms with Gasteiger partial charge in [0.1, 0.15) is 11.5 Å². The molecule has 24 heavy (non-hydrogen) atoms. The van der Waals surface area contributed by atoms with Gasteiger partial charge in [0, 0.05) is 25.3 Å². The zero-order valence-corrected chi connectivity index (χ0v) is 13.9. The van der Waals surface area contributed by atoms with Crippen molar-refractivity contribution in [3.05, 3.63) is 48.5 Å². The second-order valence-electron chi connectivity index (χ2n) is 5.14. The predicted molar refractivity (Wildman–Crippen MR) is 92.6 cm³/mol. The molecule has 0 heterocycles. The van der Waals surface area contributed by atoms with E-state index in [1.807, 2.05) is 0 Å². The van der Waals surface area contributed by atoms with Crippen LogP contribution in [-0.2, 0) is 9.59 Å². The van der Waals surface area contributed by atoms with E-state index in [0.29, 0.717) is 17.1 Å². The molecule has 0 radical (unpaired) electrons. The topological polar surface area (TPSA) is 67.9 Å². The van der Waals surface area contributed by atoms with Gasteiger partial charge in [0.05, 0.1) is 7.11 Å². The normalized spacial score (nSPS) is 9.96. The molecule has 126 valence electrons. The average Bonchev–Trinajstić information content (AvgIpc) is 2.60. The van der Waals surface area contributed by atoms with Crippen molar-refractivity contribution in [3.8, 4) is 11.5 Å². The van der Waals surface area contributed by atoms with Gasteiger partial charge in [-0.3, -0.25) is 9.59 Å². The van der Waals surface area contributed by atoms with E-state index in [2.05, 4.69) is 5.32 Å². The van der Waals surface area contributed by atoms with Crippen LogP contribution in [0.4, 0.5) is 11.4 Å². The van der Waals surface area contributed by atoms with Crippen LogP contribution in [0.3, 0.4) is 0 Å². The van der Waals surface area contributed by atoms with Crippen molar-refractivity contribution in [2.75, 3.05) is 31.0 Å². The first kappa shape index (κ1) is 17.3. The second kappa shape index (κ2) is 8.01. The minimum absolute atomic E-state index is 0.0821. The van der Waals surface area contributed by atoms with Gasteiger partial charge in [-0.2, -0.15) is 0 Å². The lowest BCUT2D eigenvalue weighted by Crippen LogP contribution is -2.23. The van der Waals surface area contributed by atoms with Gasteiger partial charge in [-0.15, -0.1) is 0 Å². The van der Waals surface area contributed by atoms with Crippen LogP contribution in [0.25, 0.3) is 0 Å². The molecule has 2 rings (SSSR count). The van der Waals surface area contributed by atoms with Gasteiger partial charge < -0.3 is 19.7 Å². The molecule has 0 aromatic heterocycles. The van der Waals surface area contributed by atoms with E-state index in [-0.39, 0.29) is 18.4 Å². The number of benzene rings is 2. The van der Waals surface area contributed by atoms with Crippen molar-refractivity contribution in [2.24, 2.45) is 0 Å². The standard InChI is InChI=1S/C18H20N2O4/c1-13(21)20(2)15-6-4-5-14(11-15)19-18(22)12-24-17-9-7-16(23-3)8-10-17/h4-11H,12H2,1-3H3,(H,19,22). The van der Waals surface area contributed by atoms with E-state index in [4.69, 9.17) is 9.47 Å². The summed E-state index contributed by atoms with van der Waals surface area (Å²) in [6.45, 7) is 1.37. The molecule has 0 saturated carbocycles. The van der Waals surface area contributed by atoms with Gasteiger partial charge >= 0.3 is 0 Å². The molecular formula is C18H20N2O4. The van der Waals surface area contributed by atoms with Crippen LogP contribution in [0.5, 0.6) is 11.5 Å². The lowest BCUT2D eigenvalue weighted by molar-refractivity contribution is -0.118. The Morgan fingerprint density at radius 1 is 1.08 bits per heavy atom. The number of nitrogens with one attached hydrogen (secondary N) is 1. The molecule has 0 atom stereocenters. The van der Waals surface area contributed by atoms with E-state index in [9.17, 15) is 9.59 Å². The molecule has 0 aliphatic rings. The van der Waals surface area contributed by atoms with Gasteiger partial charge in [-0.25, -0.2) is 0 Å². The number of nitrogens with zero attached hydrogens (tertiary/aromatic N) is 1. The molecule has 0 spiro atoms. The maximum atomic E-state index is 12.0. The van der Waals surface area contributed by atoms with Crippen molar-refractivity contribution in [2.45, 2.75) is 6.92 Å². The average molecular weight is 328 g/mol. The Balaban J connectivity index is 1.92. The predicted octanol–water partition coefficient (Wildman–Crippen LogP) is 2.70. The molecule has 2 aromatic carbocycles. The van der Waals surface area contributed by atoms with Crippen molar-refractivity contribution in [3.63, 3.8) is 0 Å². The zero-order valence-electron chi connectivity index (χ0n) is 13.9. The third-order valence-corrected chi connectivity index (χ3v) is 3.42. The van der Waals surface area contributed by atoms with E-state index >= 15 is 0 Å². The van der Waals surface area contributed by atoms with E-state index in [0.717, 1.165) is 5.75 Å². The number of carbonyl (C=O) groups is 2. The Morgan fingerprint density at radius 3 is 2.38 bits per heavy atom. The van der Waals surface area contributed by atoms with Crippen LogP contribution in [0.15, 0.2) is 48.5 Å². The molecule has 0 fully saturated rings. The fraction of sp³-hybridized carbons (Fsp3) is 0.222. The molecule has 0 saturated heterocycles. The Hall–Kier alpha value is -3.02. The van der Waals surface area contributed by atoms with Crippen molar-refractivity contribution in [1.82, 2.24) is 0 Å². The number of methoxy groups -OCH3 is 1. The first-order valence-corrected chi connectivity index (χ1v) is 7.40. The molecule has 0 aliphatic carbocycles. The minimum atomic E-state index is -0.284. The number of anilines is 2. The molecule has 0 bridgehead atoms. The molecule has 1 N–H and O–H groups in total. The van der Waals surface area contributed by atoms with E-state index < -0.39 is 0 Å².